The SMILES string of the molecule is Nc1ccc(C2(C(=O)OCc3cccc(Br)c3)CC2)cc1. The summed E-state index contributed by atoms with van der Waals surface area (Å²) in [5.74, 6) is -0.146. The molecule has 1 fully saturated rings. The quantitative estimate of drug-likeness (QED) is 0.677. The first-order valence-corrected chi connectivity index (χ1v) is 7.67. The number of nitrogens with two attached hydrogens (primary N) is 1. The number of carbonyl (C=O) groups excluding carboxylic acids is 1. The van der Waals surface area contributed by atoms with E-state index in [1.54, 1.807) is 0 Å². The molecule has 1 aliphatic carbocycles. The van der Waals surface area contributed by atoms with E-state index in [0.29, 0.717) is 12.3 Å². The van der Waals surface area contributed by atoms with Gasteiger partial charge >= 0.3 is 5.97 Å². The molecular formula is C17H16BrNO2. The van der Waals surface area contributed by atoms with E-state index in [4.69, 9.17) is 10.5 Å². The lowest BCUT2D eigenvalue weighted by Crippen LogP contribution is -2.23. The average Bonchev–Trinajstić information content (AvgIpc) is 3.27. The van der Waals surface area contributed by atoms with Gasteiger partial charge in [-0.3, -0.25) is 4.79 Å². The number of hydrogen-bond donors (Lipinski definition) is 1. The highest BCUT2D eigenvalue weighted by molar-refractivity contribution is 9.10. The molecule has 0 aliphatic heterocycles. The van der Waals surface area contributed by atoms with Gasteiger partial charge in [0.05, 0.1) is 5.41 Å². The van der Waals surface area contributed by atoms with Crippen molar-refractivity contribution in [2.75, 3.05) is 5.73 Å². The minimum atomic E-state index is -0.459. The van der Waals surface area contributed by atoms with Crippen LogP contribution >= 0.6 is 15.9 Å². The van der Waals surface area contributed by atoms with E-state index in [0.717, 1.165) is 28.4 Å². The van der Waals surface area contributed by atoms with E-state index >= 15 is 0 Å². The number of ether oxygens (including phenoxy) is 1. The molecule has 3 nitrogen and oxygen atoms in total. The number of halogens is 1. The molecule has 108 valence electrons. The maximum absolute atomic E-state index is 12.4. The summed E-state index contributed by atoms with van der Waals surface area (Å²) >= 11 is 3.41. The molecule has 1 saturated carbocycles. The molecule has 0 bridgehead atoms. The number of anilines is 1. The van der Waals surface area contributed by atoms with Crippen LogP contribution < -0.4 is 5.73 Å². The molecule has 3 rings (SSSR count). The summed E-state index contributed by atoms with van der Waals surface area (Å²) in [5.41, 5.74) is 7.92. The van der Waals surface area contributed by atoms with Crippen LogP contribution in [0.5, 0.6) is 0 Å². The molecule has 1 aliphatic rings. The topological polar surface area (TPSA) is 52.3 Å². The first-order valence-electron chi connectivity index (χ1n) is 6.88. The molecule has 2 aromatic rings. The van der Waals surface area contributed by atoms with Crippen LogP contribution in [0.2, 0.25) is 0 Å². The van der Waals surface area contributed by atoms with E-state index < -0.39 is 5.41 Å². The Kier molecular flexibility index (Phi) is 3.72. The number of carbonyl (C=O) groups is 1. The lowest BCUT2D eigenvalue weighted by Gasteiger charge is -2.15. The standard InChI is InChI=1S/C17H16BrNO2/c18-14-3-1-2-12(10-14)11-21-16(20)17(8-9-17)13-4-6-15(19)7-5-13/h1-7,10H,8-9,11,19H2. The van der Waals surface area contributed by atoms with Gasteiger partial charge in [-0.1, -0.05) is 40.2 Å². The molecule has 0 unspecified atom stereocenters. The highest BCUT2D eigenvalue weighted by atomic mass is 79.9. The molecule has 0 aromatic heterocycles. The fraction of sp³-hybridized carbons (Fsp3) is 0.235. The zero-order chi connectivity index (χ0) is 14.9. The van der Waals surface area contributed by atoms with Gasteiger partial charge in [-0.2, -0.15) is 0 Å². The van der Waals surface area contributed by atoms with Crippen molar-refractivity contribution < 1.29 is 9.53 Å². The first kappa shape index (κ1) is 14.1. The first-order chi connectivity index (χ1) is 10.1. The summed E-state index contributed by atoms with van der Waals surface area (Å²) in [6, 6.07) is 15.3. The summed E-state index contributed by atoms with van der Waals surface area (Å²) in [7, 11) is 0. The predicted molar refractivity (Wildman–Crippen MR) is 85.7 cm³/mol. The van der Waals surface area contributed by atoms with Crippen LogP contribution in [0.25, 0.3) is 0 Å². The molecule has 2 N–H and O–H groups in total. The van der Waals surface area contributed by atoms with Gasteiger partial charge in [0.15, 0.2) is 0 Å². The van der Waals surface area contributed by atoms with Crippen molar-refractivity contribution in [1.82, 2.24) is 0 Å². The van der Waals surface area contributed by atoms with Gasteiger partial charge in [-0.05, 0) is 48.2 Å². The van der Waals surface area contributed by atoms with Crippen LogP contribution in [0.15, 0.2) is 53.0 Å². The van der Waals surface area contributed by atoms with Crippen molar-refractivity contribution >= 4 is 27.6 Å². The fourth-order valence-electron chi connectivity index (χ4n) is 2.45. The smallest absolute Gasteiger partial charge is 0.316 e. The molecule has 4 heteroatoms. The number of rotatable bonds is 4. The minimum Gasteiger partial charge on any atom is -0.460 e. The van der Waals surface area contributed by atoms with Crippen LogP contribution in [0.3, 0.4) is 0 Å². The Balaban J connectivity index is 1.69. The maximum Gasteiger partial charge on any atom is 0.316 e. The van der Waals surface area contributed by atoms with Crippen LogP contribution in [-0.2, 0) is 21.6 Å². The largest absolute Gasteiger partial charge is 0.460 e. The number of hydrogen-bond acceptors (Lipinski definition) is 3. The van der Waals surface area contributed by atoms with Crippen molar-refractivity contribution in [1.29, 1.82) is 0 Å². The van der Waals surface area contributed by atoms with Crippen molar-refractivity contribution in [3.8, 4) is 0 Å². The second-order valence-electron chi connectivity index (χ2n) is 5.41. The fourth-order valence-corrected chi connectivity index (χ4v) is 2.90. The van der Waals surface area contributed by atoms with Crippen molar-refractivity contribution in [2.45, 2.75) is 24.9 Å². The summed E-state index contributed by atoms with van der Waals surface area (Å²) in [4.78, 5) is 12.4. The van der Waals surface area contributed by atoms with Gasteiger partial charge in [-0.25, -0.2) is 0 Å². The Morgan fingerprint density at radius 3 is 2.52 bits per heavy atom. The Labute approximate surface area is 132 Å². The van der Waals surface area contributed by atoms with E-state index in [1.807, 2.05) is 48.5 Å². The molecule has 0 amide bonds. The van der Waals surface area contributed by atoms with E-state index in [-0.39, 0.29) is 5.97 Å². The lowest BCUT2D eigenvalue weighted by molar-refractivity contribution is -0.148. The van der Waals surface area contributed by atoms with Gasteiger partial charge < -0.3 is 10.5 Å². The molecular weight excluding hydrogens is 330 g/mol. The highest BCUT2D eigenvalue weighted by Crippen LogP contribution is 2.49. The van der Waals surface area contributed by atoms with Gasteiger partial charge in [0.1, 0.15) is 6.61 Å². The van der Waals surface area contributed by atoms with E-state index in [9.17, 15) is 4.79 Å². The van der Waals surface area contributed by atoms with Crippen LogP contribution in [-0.4, -0.2) is 5.97 Å². The van der Waals surface area contributed by atoms with Crippen LogP contribution in [0.4, 0.5) is 5.69 Å². The third kappa shape index (κ3) is 2.95. The zero-order valence-electron chi connectivity index (χ0n) is 11.5. The second-order valence-corrected chi connectivity index (χ2v) is 6.33. The number of nitrogen functional groups attached to an aromatic ring is 1. The number of esters is 1. The monoisotopic (exact) mass is 345 g/mol. The summed E-state index contributed by atoms with van der Waals surface area (Å²) in [6.45, 7) is 0.301. The van der Waals surface area contributed by atoms with Gasteiger partial charge in [0, 0.05) is 10.2 Å². The Hall–Kier alpha value is -1.81. The Morgan fingerprint density at radius 1 is 1.19 bits per heavy atom. The molecule has 0 radical (unpaired) electrons. The average molecular weight is 346 g/mol. The normalized spacial score (nSPS) is 15.5. The van der Waals surface area contributed by atoms with Gasteiger partial charge in [0.25, 0.3) is 0 Å². The van der Waals surface area contributed by atoms with E-state index in [2.05, 4.69) is 15.9 Å². The molecule has 21 heavy (non-hydrogen) atoms. The maximum atomic E-state index is 12.4. The summed E-state index contributed by atoms with van der Waals surface area (Å²) in [6.07, 6.45) is 1.68. The van der Waals surface area contributed by atoms with Gasteiger partial charge in [0.2, 0.25) is 0 Å². The third-order valence-electron chi connectivity index (χ3n) is 3.86. The molecule has 0 heterocycles. The van der Waals surface area contributed by atoms with Crippen LogP contribution in [0, 0.1) is 0 Å². The zero-order valence-corrected chi connectivity index (χ0v) is 13.1. The van der Waals surface area contributed by atoms with E-state index in [1.165, 1.54) is 0 Å². The van der Waals surface area contributed by atoms with Crippen LogP contribution in [0.1, 0.15) is 24.0 Å². The minimum absolute atomic E-state index is 0.146. The lowest BCUT2D eigenvalue weighted by atomic mass is 9.96. The van der Waals surface area contributed by atoms with Crippen molar-refractivity contribution in [3.63, 3.8) is 0 Å². The highest BCUT2D eigenvalue weighted by Gasteiger charge is 2.52. The number of benzene rings is 2. The molecule has 0 saturated heterocycles. The second kappa shape index (κ2) is 5.53. The Bertz CT molecular complexity index is 663. The summed E-state index contributed by atoms with van der Waals surface area (Å²) in [5, 5.41) is 0. The van der Waals surface area contributed by atoms with Gasteiger partial charge in [-0.15, -0.1) is 0 Å². The van der Waals surface area contributed by atoms with Crippen molar-refractivity contribution in [2.24, 2.45) is 0 Å². The summed E-state index contributed by atoms with van der Waals surface area (Å²) < 4.78 is 6.49. The molecule has 2 aromatic carbocycles. The molecule has 0 atom stereocenters. The third-order valence-corrected chi connectivity index (χ3v) is 4.36. The van der Waals surface area contributed by atoms with Crippen molar-refractivity contribution in [3.05, 3.63) is 64.1 Å². The Morgan fingerprint density at radius 2 is 1.90 bits per heavy atom. The predicted octanol–water partition coefficient (Wildman–Crippen LogP) is 3.81. The molecule has 0 spiro atoms.